The summed E-state index contributed by atoms with van der Waals surface area (Å²) in [6.45, 7) is 6.53. The molecule has 0 spiro atoms. The third-order valence-corrected chi connectivity index (χ3v) is 10.6. The Morgan fingerprint density at radius 1 is 0.351 bits per heavy atom. The molecule has 0 aromatic heterocycles. The largest absolute Gasteiger partial charge is 0.462 e. The summed E-state index contributed by atoms with van der Waals surface area (Å²) in [5, 5.41) is 0. The summed E-state index contributed by atoms with van der Waals surface area (Å²) in [4.78, 5) is 37.5. The zero-order chi connectivity index (χ0) is 41.5. The Morgan fingerprint density at radius 2 is 0.632 bits per heavy atom. The molecule has 0 aliphatic rings. The van der Waals surface area contributed by atoms with Crippen LogP contribution in [0.1, 0.15) is 252 Å². The zero-order valence-corrected chi connectivity index (χ0v) is 37.9. The quantitative estimate of drug-likeness (QED) is 0.0264. The van der Waals surface area contributed by atoms with Crippen molar-refractivity contribution >= 4 is 17.9 Å². The normalized spacial score (nSPS) is 12.3. The van der Waals surface area contributed by atoms with Gasteiger partial charge in [-0.3, -0.25) is 14.4 Å². The Morgan fingerprint density at radius 3 is 0.982 bits per heavy atom. The smallest absolute Gasteiger partial charge is 0.306 e. The first-order valence-electron chi connectivity index (χ1n) is 24.5. The molecule has 0 aromatic rings. The Kier molecular flexibility index (Phi) is 44.4. The lowest BCUT2D eigenvalue weighted by Gasteiger charge is -2.18. The Balaban J connectivity index is 4.03. The molecule has 0 bridgehead atoms. The summed E-state index contributed by atoms with van der Waals surface area (Å²) in [6, 6.07) is 0. The first kappa shape index (κ1) is 54.6. The third-order valence-electron chi connectivity index (χ3n) is 10.6. The van der Waals surface area contributed by atoms with Gasteiger partial charge in [-0.15, -0.1) is 0 Å². The molecule has 1 atom stereocenters. The molecule has 0 saturated heterocycles. The van der Waals surface area contributed by atoms with Gasteiger partial charge in [0.25, 0.3) is 0 Å². The average molecular weight is 801 g/mol. The number of allylic oxidation sites excluding steroid dienone is 6. The van der Waals surface area contributed by atoms with Gasteiger partial charge in [0.1, 0.15) is 13.2 Å². The minimum absolute atomic E-state index is 0.0716. The fraction of sp³-hybridized carbons (Fsp3) is 0.824. The van der Waals surface area contributed by atoms with E-state index in [0.29, 0.717) is 19.3 Å². The van der Waals surface area contributed by atoms with E-state index in [2.05, 4.69) is 57.2 Å². The van der Waals surface area contributed by atoms with Crippen LogP contribution in [0.3, 0.4) is 0 Å². The predicted molar refractivity (Wildman–Crippen MR) is 242 cm³/mol. The number of esters is 3. The van der Waals surface area contributed by atoms with Gasteiger partial charge in [0.05, 0.1) is 0 Å². The van der Waals surface area contributed by atoms with E-state index in [1.54, 1.807) is 0 Å². The number of carbonyl (C=O) groups excluding carboxylic acids is 3. The molecule has 0 amide bonds. The van der Waals surface area contributed by atoms with E-state index in [-0.39, 0.29) is 31.1 Å². The molecule has 0 N–H and O–H groups in total. The first-order valence-corrected chi connectivity index (χ1v) is 24.5. The lowest BCUT2D eigenvalue weighted by Crippen LogP contribution is -2.30. The van der Waals surface area contributed by atoms with Crippen molar-refractivity contribution in [3.05, 3.63) is 36.5 Å². The molecular weight excluding hydrogens is 709 g/mol. The van der Waals surface area contributed by atoms with Crippen molar-refractivity contribution < 1.29 is 28.6 Å². The molecule has 0 aromatic carbocycles. The number of rotatable bonds is 44. The zero-order valence-electron chi connectivity index (χ0n) is 37.9. The maximum absolute atomic E-state index is 12.6. The van der Waals surface area contributed by atoms with E-state index in [1.807, 2.05) is 0 Å². The highest BCUT2D eigenvalue weighted by Gasteiger charge is 2.19. The first-order chi connectivity index (χ1) is 28.0. The summed E-state index contributed by atoms with van der Waals surface area (Å²) < 4.78 is 16.6. The van der Waals surface area contributed by atoms with Crippen LogP contribution in [-0.2, 0) is 28.6 Å². The highest BCUT2D eigenvalue weighted by atomic mass is 16.6. The molecule has 0 aliphatic carbocycles. The monoisotopic (exact) mass is 801 g/mol. The van der Waals surface area contributed by atoms with Crippen LogP contribution < -0.4 is 0 Å². The van der Waals surface area contributed by atoms with Crippen LogP contribution in [0, 0.1) is 0 Å². The van der Waals surface area contributed by atoms with Crippen LogP contribution in [0.4, 0.5) is 0 Å². The van der Waals surface area contributed by atoms with Gasteiger partial charge in [-0.2, -0.15) is 0 Å². The van der Waals surface area contributed by atoms with Gasteiger partial charge in [0.15, 0.2) is 6.10 Å². The van der Waals surface area contributed by atoms with E-state index in [4.69, 9.17) is 14.2 Å². The van der Waals surface area contributed by atoms with Crippen LogP contribution in [0.25, 0.3) is 0 Å². The van der Waals surface area contributed by atoms with Crippen molar-refractivity contribution in [1.82, 2.24) is 0 Å². The maximum atomic E-state index is 12.6. The van der Waals surface area contributed by atoms with Gasteiger partial charge in [-0.1, -0.05) is 211 Å². The highest BCUT2D eigenvalue weighted by molar-refractivity contribution is 5.71. The fourth-order valence-electron chi connectivity index (χ4n) is 6.92. The van der Waals surface area contributed by atoms with Crippen LogP contribution in [-0.4, -0.2) is 37.2 Å². The van der Waals surface area contributed by atoms with E-state index < -0.39 is 6.10 Å². The molecule has 0 fully saturated rings. The van der Waals surface area contributed by atoms with Crippen molar-refractivity contribution in [2.24, 2.45) is 0 Å². The molecule has 6 heteroatoms. The minimum atomic E-state index is -0.764. The van der Waals surface area contributed by atoms with E-state index in [0.717, 1.165) is 70.6 Å². The Hall–Kier alpha value is -2.37. The second kappa shape index (κ2) is 46.3. The van der Waals surface area contributed by atoms with Crippen molar-refractivity contribution in [2.75, 3.05) is 13.2 Å². The highest BCUT2D eigenvalue weighted by Crippen LogP contribution is 2.15. The molecule has 332 valence electrons. The van der Waals surface area contributed by atoms with Gasteiger partial charge in [-0.05, 0) is 57.8 Å². The van der Waals surface area contributed by atoms with Crippen LogP contribution >= 0.6 is 0 Å². The van der Waals surface area contributed by atoms with Crippen molar-refractivity contribution in [3.63, 3.8) is 0 Å². The lowest BCUT2D eigenvalue weighted by atomic mass is 10.1. The molecule has 0 aliphatic heterocycles. The second-order valence-electron chi connectivity index (χ2n) is 16.4. The summed E-state index contributed by atoms with van der Waals surface area (Å²) in [7, 11) is 0. The SMILES string of the molecule is CCCCCCC/C=C\C/C=C\C/C=C\CCCCCCCCCCCCC(=O)OCC(COC(=O)CCCCCCCC)OC(=O)CCCCCCCCCC. The summed E-state index contributed by atoms with van der Waals surface area (Å²) in [5.41, 5.74) is 0. The van der Waals surface area contributed by atoms with E-state index >= 15 is 0 Å². The van der Waals surface area contributed by atoms with Gasteiger partial charge in [0.2, 0.25) is 0 Å². The van der Waals surface area contributed by atoms with Gasteiger partial charge in [0, 0.05) is 19.3 Å². The van der Waals surface area contributed by atoms with Gasteiger partial charge < -0.3 is 14.2 Å². The van der Waals surface area contributed by atoms with Crippen molar-refractivity contribution in [1.29, 1.82) is 0 Å². The molecule has 0 saturated carbocycles. The third kappa shape index (κ3) is 44.6. The number of hydrogen-bond donors (Lipinski definition) is 0. The number of ether oxygens (including phenoxy) is 3. The summed E-state index contributed by atoms with van der Waals surface area (Å²) in [5.74, 6) is -0.886. The second-order valence-corrected chi connectivity index (χ2v) is 16.4. The number of unbranched alkanes of at least 4 members (excludes halogenated alkanes) is 27. The van der Waals surface area contributed by atoms with Crippen LogP contribution in [0.5, 0.6) is 0 Å². The maximum Gasteiger partial charge on any atom is 0.306 e. The number of hydrogen-bond acceptors (Lipinski definition) is 6. The Bertz CT molecular complexity index is 969. The van der Waals surface area contributed by atoms with Crippen molar-refractivity contribution in [3.8, 4) is 0 Å². The summed E-state index contributed by atoms with van der Waals surface area (Å²) >= 11 is 0. The average Bonchev–Trinajstić information content (AvgIpc) is 3.21. The summed E-state index contributed by atoms with van der Waals surface area (Å²) in [6.07, 6.45) is 53.1. The molecular formula is C51H92O6. The topological polar surface area (TPSA) is 78.9 Å². The van der Waals surface area contributed by atoms with Gasteiger partial charge >= 0.3 is 17.9 Å². The number of carbonyl (C=O) groups is 3. The van der Waals surface area contributed by atoms with Crippen LogP contribution in [0.15, 0.2) is 36.5 Å². The molecule has 0 rings (SSSR count). The lowest BCUT2D eigenvalue weighted by molar-refractivity contribution is -0.167. The standard InChI is InChI=1S/C51H92O6/c1-4-7-10-13-16-18-19-20-21-22-23-24-25-26-27-28-29-30-31-32-33-34-36-38-41-44-50(53)56-47-48(46-55-49(52)43-40-37-15-12-9-6-3)57-51(54)45-42-39-35-17-14-11-8-5-2/h19-20,22-23,25-26,48H,4-18,21,24,27-47H2,1-3H3/b20-19-,23-22-,26-25-. The minimum Gasteiger partial charge on any atom is -0.462 e. The molecule has 6 nitrogen and oxygen atoms in total. The predicted octanol–water partition coefficient (Wildman–Crippen LogP) is 15.8. The van der Waals surface area contributed by atoms with E-state index in [9.17, 15) is 14.4 Å². The van der Waals surface area contributed by atoms with Gasteiger partial charge in [-0.25, -0.2) is 0 Å². The van der Waals surface area contributed by atoms with Crippen molar-refractivity contribution in [2.45, 2.75) is 258 Å². The molecule has 57 heavy (non-hydrogen) atoms. The molecule has 0 heterocycles. The Labute approximate surface area is 353 Å². The van der Waals surface area contributed by atoms with E-state index in [1.165, 1.54) is 141 Å². The fourth-order valence-corrected chi connectivity index (χ4v) is 6.92. The molecule has 1 unspecified atom stereocenters. The van der Waals surface area contributed by atoms with Crippen LogP contribution in [0.2, 0.25) is 0 Å². The molecule has 0 radical (unpaired) electrons.